The lowest BCUT2D eigenvalue weighted by molar-refractivity contribution is 0.660. The Morgan fingerprint density at radius 3 is 1.66 bits per heavy atom. The van der Waals surface area contributed by atoms with E-state index in [2.05, 4.69) is 230 Å². The lowest BCUT2D eigenvalue weighted by atomic mass is 9.80. The number of nitrogens with zero attached hydrogens (tertiary/aromatic N) is 3. The molecule has 1 aliphatic carbocycles. The van der Waals surface area contributed by atoms with Crippen molar-refractivity contribution in [2.24, 2.45) is 9.98 Å². The van der Waals surface area contributed by atoms with Crippen molar-refractivity contribution < 1.29 is 0 Å². The predicted octanol–water partition coefficient (Wildman–Crippen LogP) is 14.4. The quantitative estimate of drug-likeness (QED) is 0.166. The summed E-state index contributed by atoms with van der Waals surface area (Å²) in [5.74, 6) is 1.55. The van der Waals surface area contributed by atoms with Crippen LogP contribution in [0.25, 0.3) is 44.2 Å². The Hall–Kier alpha value is -7.82. The number of amidine groups is 2. The summed E-state index contributed by atoms with van der Waals surface area (Å²) in [5, 5.41) is 6.09. The highest BCUT2D eigenvalue weighted by molar-refractivity contribution is 6.14. The molecule has 9 aromatic rings. The number of fused-ring (bicyclic) bond motifs is 4. The van der Waals surface area contributed by atoms with Gasteiger partial charge in [0.1, 0.15) is 12.0 Å². The molecule has 4 nitrogen and oxygen atoms in total. The molecule has 0 saturated heterocycles. The molecule has 0 bridgehead atoms. The number of aliphatic imine (C=N–C) groups is 2. The van der Waals surface area contributed by atoms with Gasteiger partial charge in [0.25, 0.3) is 0 Å². The number of benzene rings is 9. The SMILES string of the molecule is CC1(C)c2cc(C3=NC(c4ccccc4)NC(c4ccccc4)=N3)ccc2-c2c1cc1ccccc1c2-c1ccc(N(c2ccccc2)c2ccc(-c3ccccc3)cc2)cc1. The summed E-state index contributed by atoms with van der Waals surface area (Å²) < 4.78 is 0. The van der Waals surface area contributed by atoms with Crippen molar-refractivity contribution in [1.29, 1.82) is 0 Å². The minimum atomic E-state index is -0.270. The van der Waals surface area contributed by atoms with Gasteiger partial charge in [-0.05, 0) is 109 Å². The lowest BCUT2D eigenvalue weighted by Gasteiger charge is -2.26. The summed E-state index contributed by atoms with van der Waals surface area (Å²) in [4.78, 5) is 12.7. The molecule has 62 heavy (non-hydrogen) atoms. The highest BCUT2D eigenvalue weighted by Gasteiger charge is 2.38. The second kappa shape index (κ2) is 15.3. The van der Waals surface area contributed by atoms with E-state index in [0.717, 1.165) is 45.4 Å². The molecule has 0 saturated carbocycles. The Morgan fingerprint density at radius 2 is 0.984 bits per heavy atom. The zero-order valence-corrected chi connectivity index (χ0v) is 34.7. The maximum Gasteiger partial charge on any atom is 0.159 e. The van der Waals surface area contributed by atoms with Gasteiger partial charge in [-0.25, -0.2) is 9.98 Å². The fourth-order valence-corrected chi connectivity index (χ4v) is 9.35. The summed E-state index contributed by atoms with van der Waals surface area (Å²) in [5.41, 5.74) is 16.2. The van der Waals surface area contributed by atoms with Gasteiger partial charge in [-0.15, -0.1) is 0 Å². The van der Waals surface area contributed by atoms with Crippen molar-refractivity contribution in [2.75, 3.05) is 4.90 Å². The molecule has 1 unspecified atom stereocenters. The van der Waals surface area contributed by atoms with E-state index < -0.39 is 0 Å². The number of hydrogen-bond donors (Lipinski definition) is 1. The van der Waals surface area contributed by atoms with Gasteiger partial charge in [0.2, 0.25) is 0 Å². The first-order chi connectivity index (χ1) is 30.5. The van der Waals surface area contributed by atoms with Gasteiger partial charge in [0.05, 0.1) is 0 Å². The molecule has 1 N–H and O–H groups in total. The van der Waals surface area contributed by atoms with Crippen LogP contribution in [0, 0.1) is 0 Å². The number of rotatable bonds is 8. The summed E-state index contributed by atoms with van der Waals surface area (Å²) in [6.45, 7) is 4.72. The van der Waals surface area contributed by atoms with Crippen LogP contribution in [0.2, 0.25) is 0 Å². The minimum Gasteiger partial charge on any atom is -0.344 e. The van der Waals surface area contributed by atoms with Crippen molar-refractivity contribution in [3.63, 3.8) is 0 Å². The van der Waals surface area contributed by atoms with Crippen molar-refractivity contribution in [3.05, 3.63) is 246 Å². The minimum absolute atomic E-state index is 0.260. The molecule has 0 radical (unpaired) electrons. The smallest absolute Gasteiger partial charge is 0.159 e. The van der Waals surface area contributed by atoms with Crippen LogP contribution in [-0.2, 0) is 5.41 Å². The number of para-hydroxylation sites is 1. The van der Waals surface area contributed by atoms with Crippen LogP contribution >= 0.6 is 0 Å². The zero-order chi connectivity index (χ0) is 41.6. The summed E-state index contributed by atoms with van der Waals surface area (Å²) >= 11 is 0. The average molecular weight is 797 g/mol. The fraction of sp³-hybridized carbons (Fsp3) is 0.0690. The first kappa shape index (κ1) is 37.2. The van der Waals surface area contributed by atoms with Crippen molar-refractivity contribution >= 4 is 39.5 Å². The van der Waals surface area contributed by atoms with Crippen LogP contribution in [0.1, 0.15) is 47.8 Å². The predicted molar refractivity (Wildman–Crippen MR) is 259 cm³/mol. The first-order valence-electron chi connectivity index (χ1n) is 21.4. The maximum absolute atomic E-state index is 5.23. The molecule has 0 amide bonds. The number of nitrogens with one attached hydrogen (secondary N) is 1. The van der Waals surface area contributed by atoms with Gasteiger partial charge < -0.3 is 10.2 Å². The van der Waals surface area contributed by atoms with Crippen LogP contribution in [0.3, 0.4) is 0 Å². The van der Waals surface area contributed by atoms with E-state index >= 15 is 0 Å². The third kappa shape index (κ3) is 6.57. The Balaban J connectivity index is 1.02. The van der Waals surface area contributed by atoms with Gasteiger partial charge >= 0.3 is 0 Å². The Kier molecular flexibility index (Phi) is 9.20. The van der Waals surface area contributed by atoms with Crippen LogP contribution in [0.15, 0.2) is 228 Å². The molecule has 0 fully saturated rings. The molecular weight excluding hydrogens is 753 g/mol. The van der Waals surface area contributed by atoms with Crippen LogP contribution in [-0.4, -0.2) is 11.7 Å². The molecule has 1 heterocycles. The molecule has 4 heteroatoms. The Bertz CT molecular complexity index is 3140. The van der Waals surface area contributed by atoms with Gasteiger partial charge in [-0.1, -0.05) is 184 Å². The Morgan fingerprint density at radius 1 is 0.452 bits per heavy atom. The van der Waals surface area contributed by atoms with E-state index in [1.807, 2.05) is 12.1 Å². The lowest BCUT2D eigenvalue weighted by Crippen LogP contribution is -2.33. The second-order valence-corrected chi connectivity index (χ2v) is 16.6. The highest BCUT2D eigenvalue weighted by Crippen LogP contribution is 2.55. The van der Waals surface area contributed by atoms with Crippen LogP contribution in [0.4, 0.5) is 17.1 Å². The molecule has 0 spiro atoms. The summed E-state index contributed by atoms with van der Waals surface area (Å²) in [7, 11) is 0. The number of anilines is 3. The van der Waals surface area contributed by atoms with Crippen molar-refractivity contribution in [2.45, 2.75) is 25.4 Å². The van der Waals surface area contributed by atoms with Crippen molar-refractivity contribution in [3.8, 4) is 33.4 Å². The molecule has 296 valence electrons. The Labute approximate surface area is 363 Å². The van der Waals surface area contributed by atoms with Crippen molar-refractivity contribution in [1.82, 2.24) is 5.32 Å². The van der Waals surface area contributed by atoms with E-state index in [0.29, 0.717) is 0 Å². The maximum atomic E-state index is 5.23. The summed E-state index contributed by atoms with van der Waals surface area (Å²) in [6, 6.07) is 78.1. The summed E-state index contributed by atoms with van der Waals surface area (Å²) in [6.07, 6.45) is -0.260. The molecule has 0 aromatic heterocycles. The molecule has 9 aromatic carbocycles. The van der Waals surface area contributed by atoms with Gasteiger partial charge in [-0.3, -0.25) is 0 Å². The van der Waals surface area contributed by atoms with Gasteiger partial charge in [0, 0.05) is 33.6 Å². The highest BCUT2D eigenvalue weighted by atomic mass is 15.2. The largest absolute Gasteiger partial charge is 0.344 e. The van der Waals surface area contributed by atoms with E-state index in [9.17, 15) is 0 Å². The normalized spacial score (nSPS) is 14.9. The zero-order valence-electron chi connectivity index (χ0n) is 34.7. The van der Waals surface area contributed by atoms with E-state index in [1.54, 1.807) is 0 Å². The average Bonchev–Trinajstić information content (AvgIpc) is 3.57. The standard InChI is InChI=1S/C58H44N4/c1-58(2)51-38-45(57-60-55(42-19-9-4-10-20-42)59-56(61-57)43-21-11-5-12-22-43)31-36-50(51)54-52(58)37-44-23-15-16-26-49(44)53(54)41-29-34-48(35-30-41)62(46-24-13-6-14-25-46)47-32-27-40(28-33-47)39-17-7-3-8-18-39/h3-38,55H,1-2H3,(H,59,60,61). The molecular formula is C58H44N4. The van der Waals surface area contributed by atoms with E-state index in [-0.39, 0.29) is 11.6 Å². The van der Waals surface area contributed by atoms with Crippen LogP contribution < -0.4 is 10.2 Å². The van der Waals surface area contributed by atoms with Gasteiger partial charge in [-0.2, -0.15) is 0 Å². The van der Waals surface area contributed by atoms with Crippen LogP contribution in [0.5, 0.6) is 0 Å². The first-order valence-corrected chi connectivity index (χ1v) is 21.4. The second-order valence-electron chi connectivity index (χ2n) is 16.6. The number of hydrogen-bond acceptors (Lipinski definition) is 4. The molecule has 11 rings (SSSR count). The molecule has 1 atom stereocenters. The molecule has 2 aliphatic rings. The third-order valence-electron chi connectivity index (χ3n) is 12.5. The third-order valence-corrected chi connectivity index (χ3v) is 12.5. The molecule has 1 aliphatic heterocycles. The van der Waals surface area contributed by atoms with Gasteiger partial charge in [0.15, 0.2) is 5.84 Å². The van der Waals surface area contributed by atoms with E-state index in [4.69, 9.17) is 9.98 Å². The fourth-order valence-electron chi connectivity index (χ4n) is 9.35. The topological polar surface area (TPSA) is 40.0 Å². The monoisotopic (exact) mass is 796 g/mol. The van der Waals surface area contributed by atoms with E-state index in [1.165, 1.54) is 55.3 Å².